The van der Waals surface area contributed by atoms with Crippen LogP contribution in [0.25, 0.3) is 34.0 Å². The second-order valence-electron chi connectivity index (χ2n) is 36.4. The number of aliphatic hydroxyl groups is 2. The number of hydrogen-bond donors (Lipinski definition) is 2. The number of ether oxygens (including phenoxy) is 13. The summed E-state index contributed by atoms with van der Waals surface area (Å²) in [5, 5.41) is 20.6. The summed E-state index contributed by atoms with van der Waals surface area (Å²) in [5.74, 6) is -11.3. The van der Waals surface area contributed by atoms with Gasteiger partial charge in [0.05, 0.1) is 96.8 Å². The van der Waals surface area contributed by atoms with Crippen LogP contribution in [0.1, 0.15) is 171 Å². The molecule has 704 valence electrons. The lowest BCUT2D eigenvalue weighted by molar-refractivity contribution is -0.296. The summed E-state index contributed by atoms with van der Waals surface area (Å²) in [6.45, 7) is 28.5. The van der Waals surface area contributed by atoms with E-state index in [4.69, 9.17) is 66.7 Å². The first-order valence-corrected chi connectivity index (χ1v) is 44.9. The minimum absolute atomic E-state index is 0.0127. The van der Waals surface area contributed by atoms with Gasteiger partial charge in [0.25, 0.3) is 0 Å². The van der Waals surface area contributed by atoms with Gasteiger partial charge in [-0.25, -0.2) is 14.4 Å². The van der Waals surface area contributed by atoms with Gasteiger partial charge in [-0.3, -0.25) is 48.5 Å². The van der Waals surface area contributed by atoms with Gasteiger partial charge in [-0.05, 0) is 170 Å². The number of amides is 2. The first kappa shape index (κ1) is 103. The van der Waals surface area contributed by atoms with Crippen LogP contribution in [0.2, 0.25) is 0 Å². The Morgan fingerprint density at radius 2 is 0.922 bits per heavy atom. The number of cyclic esters (lactones) is 2. The number of carbonyl (C=O) groups excluding carboxylic acids is 9. The first-order valence-electron chi connectivity index (χ1n) is 44.9. The van der Waals surface area contributed by atoms with Crippen LogP contribution < -0.4 is 0 Å². The zero-order valence-electron chi connectivity index (χ0n) is 78.9. The van der Waals surface area contributed by atoms with Gasteiger partial charge in [0, 0.05) is 99.1 Å². The molecule has 6 aliphatic rings. The fourth-order valence-electron chi connectivity index (χ4n) is 19.8. The molecule has 26 atom stereocenters. The highest BCUT2D eigenvalue weighted by atomic mass is 16.7. The molecule has 3 aromatic carbocycles. The van der Waals surface area contributed by atoms with Crippen LogP contribution in [-0.2, 0) is 90.3 Å². The molecule has 11 rings (SSSR count). The number of nitrogens with zero attached hydrogens (tertiary/aromatic N) is 6. The number of likely N-dealkylation sites (N-methyl/N-ethyl adjacent to an activating group) is 2. The van der Waals surface area contributed by atoms with E-state index in [1.54, 1.807) is 126 Å². The van der Waals surface area contributed by atoms with Crippen molar-refractivity contribution >= 4 is 87.2 Å². The summed E-state index contributed by atoms with van der Waals surface area (Å²) in [6, 6.07) is 25.9. The Kier molecular flexibility index (Phi) is 36.4. The van der Waals surface area contributed by atoms with Crippen molar-refractivity contribution in [3.05, 3.63) is 132 Å². The normalized spacial score (nSPS) is 34.3. The van der Waals surface area contributed by atoms with E-state index in [2.05, 4.69) is 9.97 Å². The predicted molar refractivity (Wildman–Crippen MR) is 480 cm³/mol. The number of fused-ring (bicyclic) bond motifs is 4. The monoisotopic (exact) mass is 1780 g/mol. The van der Waals surface area contributed by atoms with Gasteiger partial charge in [0.15, 0.2) is 41.5 Å². The van der Waals surface area contributed by atoms with Gasteiger partial charge in [0.1, 0.15) is 41.7 Å². The fraction of sp³-hybridized carbons (Fsp3) is 0.622. The van der Waals surface area contributed by atoms with E-state index in [0.717, 1.165) is 40.0 Å². The molecule has 128 heavy (non-hydrogen) atoms. The average Bonchev–Trinajstić information content (AvgIpc) is 1.29. The van der Waals surface area contributed by atoms with Crippen molar-refractivity contribution < 1.29 is 115 Å². The molecule has 6 saturated heterocycles. The number of aliphatic hydroxyl groups excluding tert-OH is 2. The molecule has 5 aromatic rings. The van der Waals surface area contributed by atoms with Gasteiger partial charge in [-0.15, -0.1) is 0 Å². The zero-order chi connectivity index (χ0) is 94.2. The van der Waals surface area contributed by atoms with Crippen LogP contribution in [0.5, 0.6) is 0 Å². The van der Waals surface area contributed by atoms with Crippen molar-refractivity contribution in [3.8, 4) is 0 Å². The molecule has 2 aromatic heterocycles. The lowest BCUT2D eigenvalue weighted by Crippen LogP contribution is -2.61. The van der Waals surface area contributed by atoms with Gasteiger partial charge < -0.3 is 81.6 Å². The molecule has 6 fully saturated rings. The molecule has 6 aliphatic heterocycles. The van der Waals surface area contributed by atoms with Crippen molar-refractivity contribution in [3.63, 3.8) is 0 Å². The Morgan fingerprint density at radius 1 is 0.531 bits per heavy atom. The maximum atomic E-state index is 15.1. The van der Waals surface area contributed by atoms with E-state index in [0.29, 0.717) is 18.4 Å². The third-order valence-corrected chi connectivity index (χ3v) is 26.6. The van der Waals surface area contributed by atoms with E-state index in [1.807, 2.05) is 137 Å². The van der Waals surface area contributed by atoms with Crippen LogP contribution in [0.3, 0.4) is 0 Å². The van der Waals surface area contributed by atoms with Crippen LogP contribution in [0, 0.1) is 47.3 Å². The standard InChI is InChI=1S/C52H69N3O12.C45H65N3O11.CH4O/c1-12-41-52(8)45(55(24-26-61-11)50(60)67-52)33(4)42(56)31(2)29-51(7,62-25-18-19-36-28-38-22-16-17-23-39(38)53-30-36)46(34(5)43(57)35(6)47(58)64-41)66-49-44(40(54(9)10)27-32(3)63-49)65-48(59)37-20-14-13-15-21-37;1-12-35-45(8)39(48(19-21-54-11)43(53)59-45)28(4)36(49)26(2)24-44(7,55-20-15-16-31-23-32-17-13-14-18-33(32)46-25-31)40(29(5)37(50)30(6)41(52)57-35)58-42-38(51)34(47(9)10)22-27(3)56-42;1-2/h13-23,28,30-35,40-41,44-46,49H,12,24-27,29H2,1-11H3;13-18,23,25-30,34-35,38-40,42,51H,12,19-22,24H2,1-11H3;2H,1H3/b19-18+;16-15+;/t31-,32-,33+,34+,35-,40+,41-,44-,45-,46-,49+,51-,52-;26-,27-,28+,29+,30-,34+,35-,38-,39-,40-,42+,44-,45-;/m11./s1. The van der Waals surface area contributed by atoms with E-state index < -0.39 is 173 Å². The number of benzene rings is 3. The highest BCUT2D eigenvalue weighted by Gasteiger charge is 2.63. The van der Waals surface area contributed by atoms with Gasteiger partial charge >= 0.3 is 30.1 Å². The second kappa shape index (κ2) is 45.3. The van der Waals surface area contributed by atoms with E-state index in [1.165, 1.54) is 37.9 Å². The number of hydrogen-bond acceptors (Lipinski definition) is 28. The predicted octanol–water partition coefficient (Wildman–Crippen LogP) is 12.4. The van der Waals surface area contributed by atoms with Crippen LogP contribution in [0.4, 0.5) is 9.59 Å². The summed E-state index contributed by atoms with van der Waals surface area (Å²) in [4.78, 5) is 145. The lowest BCUT2D eigenvalue weighted by Gasteiger charge is -2.48. The van der Waals surface area contributed by atoms with Crippen LogP contribution >= 0.6 is 0 Å². The molecule has 8 heterocycles. The molecule has 0 radical (unpaired) electrons. The van der Waals surface area contributed by atoms with Crippen molar-refractivity contribution in [2.45, 2.75) is 257 Å². The molecule has 0 unspecified atom stereocenters. The van der Waals surface area contributed by atoms with Crippen molar-refractivity contribution in [1.29, 1.82) is 0 Å². The second-order valence-corrected chi connectivity index (χ2v) is 36.4. The molecular formula is C98H138N6O24. The number of esters is 3. The quantitative estimate of drug-likeness (QED) is 0.0329. The summed E-state index contributed by atoms with van der Waals surface area (Å²) in [6.07, 6.45) is 1.86. The number of methoxy groups -OCH3 is 2. The van der Waals surface area contributed by atoms with Gasteiger partial charge in [-0.1, -0.05) is 134 Å². The van der Waals surface area contributed by atoms with E-state index in [-0.39, 0.29) is 101 Å². The molecule has 30 heteroatoms. The highest BCUT2D eigenvalue weighted by Crippen LogP contribution is 2.47. The lowest BCUT2D eigenvalue weighted by atomic mass is 9.73. The molecule has 0 saturated carbocycles. The van der Waals surface area contributed by atoms with Gasteiger partial charge in [-0.2, -0.15) is 0 Å². The number of aromatic nitrogens is 2. The molecule has 2 N–H and O–H groups in total. The smallest absolute Gasteiger partial charge is 0.411 e. The number of ketones is 4. The molecule has 0 spiro atoms. The Labute approximate surface area is 754 Å². The summed E-state index contributed by atoms with van der Waals surface area (Å²) in [7, 11) is 11.6. The highest BCUT2D eigenvalue weighted by molar-refractivity contribution is 6.01. The average molecular weight is 1780 g/mol. The number of pyridine rings is 2. The number of Topliss-reactive ketones (excluding diaryl/α,β-unsaturated/α-hetero) is 4. The fourth-order valence-corrected chi connectivity index (χ4v) is 19.8. The van der Waals surface area contributed by atoms with Gasteiger partial charge in [0.2, 0.25) is 0 Å². The topological polar surface area (TPSA) is 353 Å². The summed E-state index contributed by atoms with van der Waals surface area (Å²) in [5.41, 5.74) is -1.96. The molecule has 2 amide bonds. The van der Waals surface area contributed by atoms with E-state index in [9.17, 15) is 43.5 Å². The third-order valence-electron chi connectivity index (χ3n) is 26.6. The Hall–Kier alpha value is -8.89. The Bertz CT molecular complexity index is 4670. The maximum Gasteiger partial charge on any atom is 0.411 e. The third kappa shape index (κ3) is 23.5. The Balaban J connectivity index is 0.000000286. The summed E-state index contributed by atoms with van der Waals surface area (Å²) >= 11 is 0. The van der Waals surface area contributed by atoms with Crippen molar-refractivity contribution in [2.24, 2.45) is 47.3 Å². The zero-order valence-corrected chi connectivity index (χ0v) is 78.9. The minimum atomic E-state index is -1.46. The van der Waals surface area contributed by atoms with Crippen LogP contribution in [0.15, 0.2) is 116 Å². The summed E-state index contributed by atoms with van der Waals surface area (Å²) < 4.78 is 81.7. The van der Waals surface area contributed by atoms with E-state index >= 15 is 4.79 Å². The minimum Gasteiger partial charge on any atom is -0.458 e. The van der Waals surface area contributed by atoms with Crippen molar-refractivity contribution in [1.82, 2.24) is 29.6 Å². The SMILES string of the molecule is CC[C@H]1OC(=O)[C@H](C)C(=O)[C@H](C)[C@@H](O[C@@H]2O[C@H](C)C[C@H](N(C)C)[C@H]2O)[C@](C)(OC/C=C/c2cnc3ccccc3c2)C[C@@H](C)C(=O)[C@H](C)[C@H]2N(CCOC)C(=O)O[C@]12C.CC[C@H]1OC(=O)[C@H](C)C(=O)[C@H](C)[C@@H](O[C@@H]2O[C@H](C)C[C@H](N(C)C)[C@H]2OC(=O)c2ccccc2)[C@](C)(OC/C=C/c2cnc3ccccc3c2)C[C@@H](C)C(=O)[C@H](C)[C@H]2N(CCOC)C(=O)O[C@]12C.CO. The first-order chi connectivity index (χ1) is 60.7. The van der Waals surface area contributed by atoms with Crippen molar-refractivity contribution in [2.75, 3.05) is 89.0 Å². The molecule has 0 aliphatic carbocycles. The molecular weight excluding hydrogens is 1650 g/mol. The van der Waals surface area contributed by atoms with Crippen LogP contribution in [-0.4, -0.2) is 290 Å². The molecule has 30 nitrogen and oxygen atoms in total. The number of rotatable bonds is 24. The maximum absolute atomic E-state index is 15.1. The number of carbonyl (C=O) groups is 9. The molecule has 0 bridgehead atoms. The number of para-hydroxylation sites is 2. The Morgan fingerprint density at radius 3 is 1.33 bits per heavy atom. The largest absolute Gasteiger partial charge is 0.458 e.